The van der Waals surface area contributed by atoms with E-state index in [4.69, 9.17) is 10.5 Å². The van der Waals surface area contributed by atoms with Gasteiger partial charge in [0.25, 0.3) is 0 Å². The number of anilines is 1. The highest BCUT2D eigenvalue weighted by atomic mass is 19.4. The van der Waals surface area contributed by atoms with Gasteiger partial charge >= 0.3 is 12.1 Å². The number of hydrogen-bond acceptors (Lipinski definition) is 5. The molecule has 2 aromatic carbocycles. The number of hydrogen-bond donors (Lipinski definition) is 1. The standard InChI is InChI=1S/C20H16F3N3O2/c21-20(22,23)15-7-3-1-5-11(15)13-9-14(13)19(27)28-10-17-25-16-8-4-2-6-12(16)18(24)26-17/h1-8,13-14H,9-10H2,(H2,24,25,26)/t13-,14-/m1/s1. The van der Waals surface area contributed by atoms with Gasteiger partial charge in [-0.1, -0.05) is 30.3 Å². The number of aromatic nitrogens is 2. The normalized spacial score (nSPS) is 18.8. The van der Waals surface area contributed by atoms with Gasteiger partial charge in [0.2, 0.25) is 0 Å². The van der Waals surface area contributed by atoms with Crippen LogP contribution in [0.1, 0.15) is 29.3 Å². The number of halogens is 3. The maximum atomic E-state index is 13.2. The molecule has 2 N–H and O–H groups in total. The molecule has 0 radical (unpaired) electrons. The summed E-state index contributed by atoms with van der Waals surface area (Å²) in [4.78, 5) is 20.7. The Bertz CT molecular complexity index is 1050. The predicted molar refractivity (Wildman–Crippen MR) is 96.0 cm³/mol. The number of carbonyl (C=O) groups is 1. The van der Waals surface area contributed by atoms with Crippen LogP contribution in [0.5, 0.6) is 0 Å². The van der Waals surface area contributed by atoms with E-state index in [9.17, 15) is 18.0 Å². The fourth-order valence-corrected chi connectivity index (χ4v) is 3.34. The second-order valence-corrected chi connectivity index (χ2v) is 6.68. The van der Waals surface area contributed by atoms with Gasteiger partial charge in [-0.25, -0.2) is 9.97 Å². The maximum Gasteiger partial charge on any atom is 0.416 e. The number of benzene rings is 2. The molecule has 28 heavy (non-hydrogen) atoms. The number of fused-ring (bicyclic) bond motifs is 1. The molecule has 1 saturated carbocycles. The fourth-order valence-electron chi connectivity index (χ4n) is 3.34. The maximum absolute atomic E-state index is 13.2. The topological polar surface area (TPSA) is 78.1 Å². The monoisotopic (exact) mass is 387 g/mol. The van der Waals surface area contributed by atoms with Crippen LogP contribution in [0.4, 0.5) is 19.0 Å². The Morgan fingerprint density at radius 2 is 1.82 bits per heavy atom. The summed E-state index contributed by atoms with van der Waals surface area (Å²) in [7, 11) is 0. The number of rotatable bonds is 4. The molecule has 144 valence electrons. The first-order valence-corrected chi connectivity index (χ1v) is 8.68. The first kappa shape index (κ1) is 18.2. The van der Waals surface area contributed by atoms with Gasteiger partial charge < -0.3 is 10.5 Å². The molecule has 0 aliphatic heterocycles. The van der Waals surface area contributed by atoms with Crippen molar-refractivity contribution in [2.24, 2.45) is 5.92 Å². The van der Waals surface area contributed by atoms with Crippen LogP contribution in [-0.2, 0) is 22.3 Å². The Hall–Kier alpha value is -3.16. The van der Waals surface area contributed by atoms with Crippen molar-refractivity contribution >= 4 is 22.7 Å². The molecule has 1 aliphatic rings. The summed E-state index contributed by atoms with van der Waals surface area (Å²) in [6.45, 7) is -0.183. The third kappa shape index (κ3) is 3.49. The lowest BCUT2D eigenvalue weighted by Gasteiger charge is -2.12. The number of alkyl halides is 3. The molecule has 1 aliphatic carbocycles. The van der Waals surface area contributed by atoms with Crippen LogP contribution >= 0.6 is 0 Å². The van der Waals surface area contributed by atoms with E-state index in [1.165, 1.54) is 18.2 Å². The molecular formula is C20H16F3N3O2. The van der Waals surface area contributed by atoms with Crippen molar-refractivity contribution in [3.63, 3.8) is 0 Å². The molecule has 1 heterocycles. The summed E-state index contributed by atoms with van der Waals surface area (Å²) in [5, 5.41) is 0.698. The molecular weight excluding hydrogens is 371 g/mol. The minimum absolute atomic E-state index is 0.128. The van der Waals surface area contributed by atoms with E-state index in [1.54, 1.807) is 18.2 Å². The Morgan fingerprint density at radius 1 is 1.11 bits per heavy atom. The summed E-state index contributed by atoms with van der Waals surface area (Å²) in [5.41, 5.74) is 5.94. The molecule has 5 nitrogen and oxygen atoms in total. The molecule has 0 saturated heterocycles. The van der Waals surface area contributed by atoms with E-state index >= 15 is 0 Å². The second-order valence-electron chi connectivity index (χ2n) is 6.68. The number of ether oxygens (including phenoxy) is 1. The lowest BCUT2D eigenvalue weighted by molar-refractivity contribution is -0.147. The number of esters is 1. The summed E-state index contributed by atoms with van der Waals surface area (Å²) in [5.74, 6) is -1.12. The van der Waals surface area contributed by atoms with Crippen LogP contribution in [0.15, 0.2) is 48.5 Å². The van der Waals surface area contributed by atoms with Crippen LogP contribution < -0.4 is 5.73 Å². The summed E-state index contributed by atoms with van der Waals surface area (Å²) >= 11 is 0. The minimum atomic E-state index is -4.45. The molecule has 2 atom stereocenters. The van der Waals surface area contributed by atoms with E-state index in [0.717, 1.165) is 6.07 Å². The zero-order valence-electron chi connectivity index (χ0n) is 14.6. The van der Waals surface area contributed by atoms with Gasteiger partial charge in [-0.05, 0) is 36.1 Å². The number of nitrogen functional groups attached to an aromatic ring is 1. The SMILES string of the molecule is Nc1nc(COC(=O)[C@@H]2C[C@@H]2c2ccccc2C(F)(F)F)nc2ccccc12. The number of carbonyl (C=O) groups excluding carboxylic acids is 1. The lowest BCUT2D eigenvalue weighted by Crippen LogP contribution is -2.12. The van der Waals surface area contributed by atoms with Crippen molar-refractivity contribution in [2.45, 2.75) is 25.1 Å². The van der Waals surface area contributed by atoms with Crippen molar-refractivity contribution in [1.29, 1.82) is 0 Å². The van der Waals surface area contributed by atoms with Crippen molar-refractivity contribution in [2.75, 3.05) is 5.73 Å². The average molecular weight is 387 g/mol. The highest BCUT2D eigenvalue weighted by Gasteiger charge is 2.48. The molecule has 3 aromatic rings. The van der Waals surface area contributed by atoms with E-state index in [2.05, 4.69) is 9.97 Å². The molecule has 4 rings (SSSR count). The van der Waals surface area contributed by atoms with Gasteiger partial charge in [-0.2, -0.15) is 13.2 Å². The van der Waals surface area contributed by atoms with Crippen LogP contribution in [-0.4, -0.2) is 15.9 Å². The van der Waals surface area contributed by atoms with Crippen LogP contribution in [0.3, 0.4) is 0 Å². The van der Waals surface area contributed by atoms with Gasteiger partial charge in [-0.3, -0.25) is 4.79 Å². The van der Waals surface area contributed by atoms with Crippen LogP contribution in [0.2, 0.25) is 0 Å². The predicted octanol–water partition coefficient (Wildman–Crippen LogP) is 4.08. The highest BCUT2D eigenvalue weighted by molar-refractivity contribution is 5.87. The average Bonchev–Trinajstić information content (AvgIpc) is 3.46. The third-order valence-corrected chi connectivity index (χ3v) is 4.78. The third-order valence-electron chi connectivity index (χ3n) is 4.78. The highest BCUT2D eigenvalue weighted by Crippen LogP contribution is 2.51. The van der Waals surface area contributed by atoms with Crippen LogP contribution in [0, 0.1) is 5.92 Å². The largest absolute Gasteiger partial charge is 0.457 e. The van der Waals surface area contributed by atoms with E-state index in [-0.39, 0.29) is 23.8 Å². The number of para-hydroxylation sites is 1. The fraction of sp³-hybridized carbons (Fsp3) is 0.250. The van der Waals surface area contributed by atoms with Crippen molar-refractivity contribution in [3.05, 3.63) is 65.5 Å². The molecule has 0 unspecified atom stereocenters. The summed E-state index contributed by atoms with van der Waals surface area (Å²) < 4.78 is 44.7. The first-order chi connectivity index (χ1) is 13.3. The van der Waals surface area contributed by atoms with Gasteiger partial charge in [0.15, 0.2) is 12.4 Å². The number of nitrogens with zero attached hydrogens (tertiary/aromatic N) is 2. The molecule has 1 aromatic heterocycles. The van der Waals surface area contributed by atoms with Gasteiger partial charge in [0, 0.05) is 5.39 Å². The second kappa shape index (κ2) is 6.78. The molecule has 0 bridgehead atoms. The van der Waals surface area contributed by atoms with Crippen molar-refractivity contribution in [3.8, 4) is 0 Å². The van der Waals surface area contributed by atoms with E-state index in [1.807, 2.05) is 6.07 Å². The van der Waals surface area contributed by atoms with Crippen molar-refractivity contribution < 1.29 is 22.7 Å². The first-order valence-electron chi connectivity index (χ1n) is 8.68. The smallest absolute Gasteiger partial charge is 0.416 e. The van der Waals surface area contributed by atoms with E-state index < -0.39 is 29.5 Å². The van der Waals surface area contributed by atoms with Gasteiger partial charge in [-0.15, -0.1) is 0 Å². The molecule has 1 fully saturated rings. The van der Waals surface area contributed by atoms with Gasteiger partial charge in [0.1, 0.15) is 5.82 Å². The molecule has 0 amide bonds. The van der Waals surface area contributed by atoms with Crippen molar-refractivity contribution in [1.82, 2.24) is 9.97 Å². The van der Waals surface area contributed by atoms with Gasteiger partial charge in [0.05, 0.1) is 17.0 Å². The lowest BCUT2D eigenvalue weighted by atomic mass is 10.0. The summed E-state index contributed by atoms with van der Waals surface area (Å²) in [6.07, 6.45) is -4.13. The quantitative estimate of drug-likeness (QED) is 0.683. The van der Waals surface area contributed by atoms with E-state index in [0.29, 0.717) is 17.3 Å². The zero-order chi connectivity index (χ0) is 19.9. The van der Waals surface area contributed by atoms with Crippen LogP contribution in [0.25, 0.3) is 10.9 Å². The number of nitrogens with two attached hydrogens (primary N) is 1. The Morgan fingerprint density at radius 3 is 2.61 bits per heavy atom. The summed E-state index contributed by atoms with van der Waals surface area (Å²) in [6, 6.07) is 12.5. The minimum Gasteiger partial charge on any atom is -0.457 e. The molecule has 8 heteroatoms. The zero-order valence-corrected chi connectivity index (χ0v) is 14.6. The Kier molecular flexibility index (Phi) is 4.41. The Balaban J connectivity index is 1.44. The Labute approximate surface area is 158 Å². The molecule has 0 spiro atoms.